The fraction of sp³-hybridized carbons (Fsp3) is 0.889. The van der Waals surface area contributed by atoms with Crippen LogP contribution in [0.1, 0.15) is 40.5 Å². The van der Waals surface area contributed by atoms with Crippen LogP contribution in [0.5, 0.6) is 0 Å². The number of hydrogen-bond donors (Lipinski definition) is 1. The zero-order valence-corrected chi connectivity index (χ0v) is 15.9. The largest absolute Gasteiger partial charge is 0.469 e. The van der Waals surface area contributed by atoms with Gasteiger partial charge in [-0.05, 0) is 39.5 Å². The van der Waals surface area contributed by atoms with Crippen molar-refractivity contribution in [3.8, 4) is 0 Å². The summed E-state index contributed by atoms with van der Waals surface area (Å²) in [6.07, 6.45) is 2.65. The van der Waals surface area contributed by atoms with E-state index >= 15 is 0 Å². The lowest BCUT2D eigenvalue weighted by Crippen LogP contribution is -2.41. The second-order valence-electron chi connectivity index (χ2n) is 7.31. The van der Waals surface area contributed by atoms with E-state index in [9.17, 15) is 4.79 Å². The number of methoxy groups -OCH3 is 1. The Morgan fingerprint density at radius 2 is 2.08 bits per heavy atom. The molecule has 0 bridgehead atoms. The Kier molecular flexibility index (Phi) is 6.90. The van der Waals surface area contributed by atoms with E-state index in [2.05, 4.69) is 42.8 Å². The predicted molar refractivity (Wildman–Crippen MR) is 97.1 cm³/mol. The van der Waals surface area contributed by atoms with Crippen LogP contribution in [0, 0.1) is 11.8 Å². The van der Waals surface area contributed by atoms with Gasteiger partial charge in [-0.1, -0.05) is 6.92 Å². The van der Waals surface area contributed by atoms with Crippen molar-refractivity contribution in [1.29, 1.82) is 0 Å². The SMILES string of the molecule is CCNC(=NCCN(C(C)C)C1CC1)N1CC(C)C(C(=O)OC)C1. The highest BCUT2D eigenvalue weighted by molar-refractivity contribution is 5.82. The van der Waals surface area contributed by atoms with Gasteiger partial charge in [0.2, 0.25) is 0 Å². The minimum Gasteiger partial charge on any atom is -0.469 e. The first-order valence-corrected chi connectivity index (χ1v) is 9.34. The van der Waals surface area contributed by atoms with Crippen molar-refractivity contribution in [1.82, 2.24) is 15.1 Å². The Hall–Kier alpha value is -1.30. The van der Waals surface area contributed by atoms with Crippen LogP contribution in [-0.4, -0.2) is 73.6 Å². The van der Waals surface area contributed by atoms with Gasteiger partial charge < -0.3 is 15.0 Å². The monoisotopic (exact) mass is 338 g/mol. The van der Waals surface area contributed by atoms with E-state index in [1.54, 1.807) is 0 Å². The topological polar surface area (TPSA) is 57.2 Å². The molecule has 1 N–H and O–H groups in total. The van der Waals surface area contributed by atoms with E-state index in [0.29, 0.717) is 18.5 Å². The van der Waals surface area contributed by atoms with Gasteiger partial charge >= 0.3 is 5.97 Å². The van der Waals surface area contributed by atoms with Crippen LogP contribution in [-0.2, 0) is 9.53 Å². The van der Waals surface area contributed by atoms with Crippen molar-refractivity contribution in [3.05, 3.63) is 0 Å². The smallest absolute Gasteiger partial charge is 0.310 e. The van der Waals surface area contributed by atoms with Crippen LogP contribution in [0.15, 0.2) is 4.99 Å². The zero-order chi connectivity index (χ0) is 17.7. The molecule has 0 spiro atoms. The molecule has 0 aromatic carbocycles. The molecule has 2 unspecified atom stereocenters. The van der Waals surface area contributed by atoms with Gasteiger partial charge in [0.15, 0.2) is 5.96 Å². The Morgan fingerprint density at radius 1 is 1.38 bits per heavy atom. The third-order valence-electron chi connectivity index (χ3n) is 5.05. The first kappa shape index (κ1) is 19.0. The minimum absolute atomic E-state index is 0.0579. The third kappa shape index (κ3) is 4.85. The van der Waals surface area contributed by atoms with E-state index < -0.39 is 0 Å². The van der Waals surface area contributed by atoms with Gasteiger partial charge in [-0.2, -0.15) is 0 Å². The Balaban J connectivity index is 1.94. The summed E-state index contributed by atoms with van der Waals surface area (Å²) in [6, 6.07) is 1.34. The molecule has 1 saturated heterocycles. The summed E-state index contributed by atoms with van der Waals surface area (Å²) in [5, 5.41) is 3.38. The molecule has 24 heavy (non-hydrogen) atoms. The van der Waals surface area contributed by atoms with Crippen LogP contribution in [0.2, 0.25) is 0 Å². The van der Waals surface area contributed by atoms with Crippen LogP contribution in [0.4, 0.5) is 0 Å². The standard InChI is InChI=1S/C18H34N4O2/c1-6-19-18(20-9-10-22(13(2)3)15-7-8-15)21-11-14(4)16(12-21)17(23)24-5/h13-16H,6-12H2,1-5H3,(H,19,20). The molecule has 2 rings (SSSR count). The molecular weight excluding hydrogens is 304 g/mol. The average molecular weight is 338 g/mol. The molecule has 1 aliphatic carbocycles. The maximum Gasteiger partial charge on any atom is 0.310 e. The second kappa shape index (κ2) is 8.70. The van der Waals surface area contributed by atoms with E-state index in [4.69, 9.17) is 9.73 Å². The van der Waals surface area contributed by atoms with E-state index in [-0.39, 0.29) is 11.9 Å². The third-order valence-corrected chi connectivity index (χ3v) is 5.05. The molecule has 1 saturated carbocycles. The summed E-state index contributed by atoms with van der Waals surface area (Å²) in [7, 11) is 1.47. The fourth-order valence-corrected chi connectivity index (χ4v) is 3.56. The zero-order valence-electron chi connectivity index (χ0n) is 15.9. The molecule has 138 valence electrons. The van der Waals surface area contributed by atoms with Gasteiger partial charge in [0.05, 0.1) is 19.6 Å². The lowest BCUT2D eigenvalue weighted by atomic mass is 9.99. The highest BCUT2D eigenvalue weighted by Crippen LogP contribution is 2.28. The van der Waals surface area contributed by atoms with Gasteiger partial charge in [-0.3, -0.25) is 14.7 Å². The van der Waals surface area contributed by atoms with Gasteiger partial charge in [0.25, 0.3) is 0 Å². The first-order chi connectivity index (χ1) is 11.5. The minimum atomic E-state index is -0.111. The highest BCUT2D eigenvalue weighted by atomic mass is 16.5. The highest BCUT2D eigenvalue weighted by Gasteiger charge is 2.37. The molecule has 2 aliphatic rings. The van der Waals surface area contributed by atoms with Gasteiger partial charge in [-0.15, -0.1) is 0 Å². The van der Waals surface area contributed by atoms with E-state index in [0.717, 1.165) is 38.2 Å². The molecule has 2 atom stereocenters. The number of nitrogens with zero attached hydrogens (tertiary/aromatic N) is 3. The van der Waals surface area contributed by atoms with Crippen molar-refractivity contribution >= 4 is 11.9 Å². The average Bonchev–Trinajstić information content (AvgIpc) is 3.31. The van der Waals surface area contributed by atoms with Crippen LogP contribution >= 0.6 is 0 Å². The maximum atomic E-state index is 11.9. The van der Waals surface area contributed by atoms with Crippen molar-refractivity contribution in [2.24, 2.45) is 16.8 Å². The van der Waals surface area contributed by atoms with Gasteiger partial charge in [0, 0.05) is 38.3 Å². The second-order valence-corrected chi connectivity index (χ2v) is 7.31. The quantitative estimate of drug-likeness (QED) is 0.434. The lowest BCUT2D eigenvalue weighted by Gasteiger charge is -2.26. The summed E-state index contributed by atoms with van der Waals surface area (Å²) < 4.78 is 4.93. The number of nitrogens with one attached hydrogen (secondary N) is 1. The molecule has 0 radical (unpaired) electrons. The van der Waals surface area contributed by atoms with Gasteiger partial charge in [-0.25, -0.2) is 0 Å². The summed E-state index contributed by atoms with van der Waals surface area (Å²) >= 11 is 0. The Bertz CT molecular complexity index is 446. The number of likely N-dealkylation sites (tertiary alicyclic amines) is 1. The van der Waals surface area contributed by atoms with Gasteiger partial charge in [0.1, 0.15) is 0 Å². The number of aliphatic imine (C=N–C) groups is 1. The number of rotatable bonds is 7. The summed E-state index contributed by atoms with van der Waals surface area (Å²) in [4.78, 5) is 21.5. The number of carbonyl (C=O) groups excluding carboxylic acids is 1. The molecular formula is C18H34N4O2. The summed E-state index contributed by atoms with van der Waals surface area (Å²) in [6.45, 7) is 12.9. The molecule has 2 fully saturated rings. The van der Waals surface area contributed by atoms with Crippen molar-refractivity contribution < 1.29 is 9.53 Å². The molecule has 0 amide bonds. The normalized spacial score (nSPS) is 24.8. The molecule has 1 heterocycles. The van der Waals surface area contributed by atoms with Crippen LogP contribution < -0.4 is 5.32 Å². The van der Waals surface area contributed by atoms with Crippen LogP contribution in [0.3, 0.4) is 0 Å². The Labute approximate surface area is 146 Å². The molecule has 0 aromatic heterocycles. The van der Waals surface area contributed by atoms with Crippen molar-refractivity contribution in [2.75, 3.05) is 39.8 Å². The van der Waals surface area contributed by atoms with Crippen molar-refractivity contribution in [3.63, 3.8) is 0 Å². The van der Waals surface area contributed by atoms with E-state index in [1.807, 2.05) is 0 Å². The van der Waals surface area contributed by atoms with Crippen LogP contribution in [0.25, 0.3) is 0 Å². The summed E-state index contributed by atoms with van der Waals surface area (Å²) in [5.74, 6) is 1.05. The molecule has 0 aromatic rings. The fourth-order valence-electron chi connectivity index (χ4n) is 3.56. The maximum absolute atomic E-state index is 11.9. The molecule has 1 aliphatic heterocycles. The molecule has 6 heteroatoms. The first-order valence-electron chi connectivity index (χ1n) is 9.34. The Morgan fingerprint density at radius 3 is 2.62 bits per heavy atom. The number of esters is 1. The summed E-state index contributed by atoms with van der Waals surface area (Å²) in [5.41, 5.74) is 0. The van der Waals surface area contributed by atoms with E-state index in [1.165, 1.54) is 20.0 Å². The number of carbonyl (C=O) groups is 1. The number of hydrogen-bond acceptors (Lipinski definition) is 4. The number of guanidine groups is 1. The number of ether oxygens (including phenoxy) is 1. The lowest BCUT2D eigenvalue weighted by molar-refractivity contribution is -0.145. The van der Waals surface area contributed by atoms with Crippen molar-refractivity contribution in [2.45, 2.75) is 52.6 Å². The molecule has 6 nitrogen and oxygen atoms in total. The predicted octanol–water partition coefficient (Wildman–Crippen LogP) is 1.57.